The van der Waals surface area contributed by atoms with E-state index in [0.717, 1.165) is 43.4 Å². The average molecular weight is 415 g/mol. The van der Waals surface area contributed by atoms with Crippen molar-refractivity contribution < 1.29 is 14.9 Å². The summed E-state index contributed by atoms with van der Waals surface area (Å²) < 4.78 is 6.62. The van der Waals surface area contributed by atoms with Crippen molar-refractivity contribution in [3.8, 4) is 0 Å². The first kappa shape index (κ1) is 21.1. The van der Waals surface area contributed by atoms with Crippen LogP contribution < -0.4 is 0 Å². The summed E-state index contributed by atoms with van der Waals surface area (Å²) in [5, 5.41) is 19.6. The Bertz CT molecular complexity index is 753. The van der Waals surface area contributed by atoms with E-state index >= 15 is 0 Å². The van der Waals surface area contributed by atoms with Gasteiger partial charge >= 0.3 is 0 Å². The van der Waals surface area contributed by atoms with E-state index in [0.29, 0.717) is 28.8 Å². The van der Waals surface area contributed by atoms with E-state index in [2.05, 4.69) is 33.8 Å². The second kappa shape index (κ2) is 7.37. The molecule has 2 N–H and O–H groups in total. The van der Waals surface area contributed by atoms with Crippen molar-refractivity contribution >= 4 is 0 Å². The third kappa shape index (κ3) is 2.98. The Labute approximate surface area is 183 Å². The van der Waals surface area contributed by atoms with Crippen LogP contribution in [0.5, 0.6) is 0 Å². The van der Waals surface area contributed by atoms with Gasteiger partial charge in [-0.2, -0.15) is 0 Å². The molecule has 0 unspecified atom stereocenters. The zero-order chi connectivity index (χ0) is 21.3. The molecule has 0 saturated heterocycles. The molecular formula is C27H42O3. The largest absolute Gasteiger partial charge is 0.494 e. The lowest BCUT2D eigenvalue weighted by atomic mass is 9.47. The number of allylic oxidation sites excluding steroid dienone is 2. The van der Waals surface area contributed by atoms with Crippen LogP contribution >= 0.6 is 0 Å². The number of ether oxygens (including phenoxy) is 1. The van der Waals surface area contributed by atoms with Gasteiger partial charge in [0.25, 0.3) is 0 Å². The summed E-state index contributed by atoms with van der Waals surface area (Å²) >= 11 is 0. The lowest BCUT2D eigenvalue weighted by Gasteiger charge is -2.57. The van der Waals surface area contributed by atoms with Crippen LogP contribution in [0.25, 0.3) is 0 Å². The molecule has 0 amide bonds. The molecule has 1 heterocycles. The van der Waals surface area contributed by atoms with Crippen molar-refractivity contribution in [2.45, 2.75) is 97.7 Å². The number of hydrogen-bond acceptors (Lipinski definition) is 3. The maximum absolute atomic E-state index is 10.2. The van der Waals surface area contributed by atoms with Gasteiger partial charge in [-0.25, -0.2) is 0 Å². The first-order valence-electron chi connectivity index (χ1n) is 12.6. The van der Waals surface area contributed by atoms with Crippen LogP contribution in [0.2, 0.25) is 0 Å². The molecule has 4 aliphatic carbocycles. The molecule has 0 spiro atoms. The van der Waals surface area contributed by atoms with Crippen LogP contribution in [0, 0.1) is 40.4 Å². The highest BCUT2D eigenvalue weighted by atomic mass is 16.5. The molecular weight excluding hydrogens is 372 g/mol. The number of hydrogen-bond donors (Lipinski definition) is 2. The van der Waals surface area contributed by atoms with Crippen LogP contribution in [0.4, 0.5) is 0 Å². The van der Waals surface area contributed by atoms with Gasteiger partial charge in [-0.15, -0.1) is 0 Å². The zero-order valence-electron chi connectivity index (χ0n) is 19.5. The van der Waals surface area contributed by atoms with Gasteiger partial charge in [-0.3, -0.25) is 0 Å². The predicted molar refractivity (Wildman–Crippen MR) is 120 cm³/mol. The lowest BCUT2D eigenvalue weighted by molar-refractivity contribution is -0.0454. The van der Waals surface area contributed by atoms with E-state index in [4.69, 9.17) is 4.74 Å². The first-order chi connectivity index (χ1) is 14.3. The Balaban J connectivity index is 1.38. The van der Waals surface area contributed by atoms with E-state index in [1.54, 1.807) is 5.57 Å². The van der Waals surface area contributed by atoms with Crippen LogP contribution in [-0.4, -0.2) is 29.0 Å². The Hall–Kier alpha value is -0.800. The summed E-state index contributed by atoms with van der Waals surface area (Å²) in [5.74, 6) is 4.52. The molecule has 0 aromatic rings. The van der Waals surface area contributed by atoms with Crippen molar-refractivity contribution in [1.29, 1.82) is 0 Å². The summed E-state index contributed by atoms with van der Waals surface area (Å²) in [6.07, 6.45) is 13.0. The second-order valence-electron chi connectivity index (χ2n) is 12.0. The van der Waals surface area contributed by atoms with Crippen molar-refractivity contribution in [2.24, 2.45) is 40.4 Å². The lowest BCUT2D eigenvalue weighted by Crippen LogP contribution is -2.50. The van der Waals surface area contributed by atoms with Gasteiger partial charge < -0.3 is 14.9 Å². The van der Waals surface area contributed by atoms with E-state index in [-0.39, 0.29) is 12.7 Å². The Morgan fingerprint density at radius 1 is 1.20 bits per heavy atom. The fourth-order valence-corrected chi connectivity index (χ4v) is 8.69. The van der Waals surface area contributed by atoms with Gasteiger partial charge in [-0.05, 0) is 98.4 Å². The van der Waals surface area contributed by atoms with Crippen LogP contribution in [-0.2, 0) is 4.74 Å². The Kier molecular flexibility index (Phi) is 5.18. The monoisotopic (exact) mass is 414 g/mol. The molecule has 1 aliphatic heterocycles. The topological polar surface area (TPSA) is 49.7 Å². The SMILES string of the molecule is CC1=C(CC[C@H](C)CO)O[C@H]2C[C@@H]3[C@@H]4CC=C5C[C@@H](O)CC[C@]5(C)[C@@H]4CC[C@]3(C)[C@@H]12. The number of aliphatic hydroxyl groups excluding tert-OH is 2. The van der Waals surface area contributed by atoms with Crippen LogP contribution in [0.3, 0.4) is 0 Å². The van der Waals surface area contributed by atoms with E-state index < -0.39 is 0 Å². The summed E-state index contributed by atoms with van der Waals surface area (Å²) in [6.45, 7) is 9.83. The minimum Gasteiger partial charge on any atom is -0.494 e. The second-order valence-corrected chi connectivity index (χ2v) is 12.0. The standard InChI is InChI=1S/C27H42O3/c1-16(15-28)5-8-23-17(2)25-24(30-23)14-22-20-7-6-18-13-19(29)9-11-26(18,3)21(20)10-12-27(22,25)4/h6,16,19-22,24-25,28-29H,5,7-15H2,1-4H3/t16-,19-,20+,21+,22+,24-,25-,26-,27-/m0/s1. The predicted octanol–water partition coefficient (Wildman–Crippen LogP) is 5.62. The molecule has 3 saturated carbocycles. The molecule has 9 atom stereocenters. The molecule has 168 valence electrons. The molecule has 3 nitrogen and oxygen atoms in total. The maximum Gasteiger partial charge on any atom is 0.106 e. The highest BCUT2D eigenvalue weighted by Crippen LogP contribution is 2.68. The van der Waals surface area contributed by atoms with Gasteiger partial charge in [-0.1, -0.05) is 32.4 Å². The molecule has 30 heavy (non-hydrogen) atoms. The molecule has 0 bridgehead atoms. The molecule has 5 aliphatic rings. The van der Waals surface area contributed by atoms with Gasteiger partial charge in [0.05, 0.1) is 11.9 Å². The molecule has 0 aromatic heterocycles. The van der Waals surface area contributed by atoms with Gasteiger partial charge in [0.1, 0.15) is 6.10 Å². The summed E-state index contributed by atoms with van der Waals surface area (Å²) in [6, 6.07) is 0. The fourth-order valence-electron chi connectivity index (χ4n) is 8.69. The first-order valence-corrected chi connectivity index (χ1v) is 12.6. The van der Waals surface area contributed by atoms with Crippen molar-refractivity contribution in [3.63, 3.8) is 0 Å². The van der Waals surface area contributed by atoms with Gasteiger partial charge in [0.2, 0.25) is 0 Å². The smallest absolute Gasteiger partial charge is 0.106 e. The number of rotatable bonds is 4. The van der Waals surface area contributed by atoms with E-state index in [9.17, 15) is 10.2 Å². The normalized spacial score (nSPS) is 48.3. The Morgan fingerprint density at radius 2 is 2.00 bits per heavy atom. The molecule has 0 radical (unpaired) electrons. The molecule has 0 aromatic carbocycles. The van der Waals surface area contributed by atoms with E-state index in [1.165, 1.54) is 43.4 Å². The minimum absolute atomic E-state index is 0.117. The zero-order valence-corrected chi connectivity index (χ0v) is 19.5. The van der Waals surface area contributed by atoms with Crippen molar-refractivity contribution in [3.05, 3.63) is 23.0 Å². The fraction of sp³-hybridized carbons (Fsp3) is 0.852. The summed E-state index contributed by atoms with van der Waals surface area (Å²) in [4.78, 5) is 0. The van der Waals surface area contributed by atoms with Gasteiger partial charge in [0, 0.05) is 18.9 Å². The van der Waals surface area contributed by atoms with Crippen LogP contribution in [0.1, 0.15) is 85.5 Å². The van der Waals surface area contributed by atoms with Gasteiger partial charge in [0.15, 0.2) is 0 Å². The van der Waals surface area contributed by atoms with Crippen molar-refractivity contribution in [2.75, 3.05) is 6.61 Å². The number of fused-ring (bicyclic) bond motifs is 7. The number of aliphatic hydroxyl groups is 2. The third-order valence-corrected chi connectivity index (χ3v) is 10.5. The summed E-state index contributed by atoms with van der Waals surface area (Å²) in [7, 11) is 0. The maximum atomic E-state index is 10.2. The third-order valence-electron chi connectivity index (χ3n) is 10.5. The molecule has 3 heteroatoms. The van der Waals surface area contributed by atoms with Crippen molar-refractivity contribution in [1.82, 2.24) is 0 Å². The molecule has 3 fully saturated rings. The highest BCUT2D eigenvalue weighted by molar-refractivity contribution is 5.30. The quantitative estimate of drug-likeness (QED) is 0.587. The summed E-state index contributed by atoms with van der Waals surface area (Å²) in [5.41, 5.74) is 3.78. The Morgan fingerprint density at radius 3 is 2.77 bits per heavy atom. The average Bonchev–Trinajstić information content (AvgIpc) is 3.20. The van der Waals surface area contributed by atoms with Crippen LogP contribution in [0.15, 0.2) is 23.0 Å². The molecule has 5 rings (SSSR count). The van der Waals surface area contributed by atoms with E-state index in [1.807, 2.05) is 0 Å². The minimum atomic E-state index is -0.117. The highest BCUT2D eigenvalue weighted by Gasteiger charge is 2.63.